The van der Waals surface area contributed by atoms with Gasteiger partial charge in [-0.2, -0.15) is 0 Å². The number of esters is 2. The van der Waals surface area contributed by atoms with Crippen molar-refractivity contribution in [2.24, 2.45) is 0 Å². The van der Waals surface area contributed by atoms with Crippen molar-refractivity contribution < 1.29 is 37.7 Å². The van der Waals surface area contributed by atoms with Gasteiger partial charge in [-0.3, -0.25) is 0 Å². The van der Waals surface area contributed by atoms with Crippen molar-refractivity contribution in [1.82, 2.24) is 0 Å². The van der Waals surface area contributed by atoms with Gasteiger partial charge in [-0.15, -0.1) is 0 Å². The van der Waals surface area contributed by atoms with Crippen molar-refractivity contribution in [3.05, 3.63) is 100 Å². The molecule has 7 nitrogen and oxygen atoms in total. The third kappa shape index (κ3) is 7.11. The van der Waals surface area contributed by atoms with Gasteiger partial charge in [0.05, 0.1) is 24.3 Å². The zero-order chi connectivity index (χ0) is 27.4. The predicted molar refractivity (Wildman–Crippen MR) is 142 cm³/mol. The molecule has 0 N–H and O–H groups in total. The van der Waals surface area contributed by atoms with Crippen LogP contribution in [0.5, 0.6) is 17.2 Å². The molecule has 1 fully saturated rings. The number of halogens is 2. The van der Waals surface area contributed by atoms with E-state index in [0.29, 0.717) is 36.7 Å². The van der Waals surface area contributed by atoms with Crippen molar-refractivity contribution in [2.75, 3.05) is 19.8 Å². The highest BCUT2D eigenvalue weighted by molar-refractivity contribution is 6.30. The largest absolute Gasteiger partial charge is 0.493 e. The number of aryl methyl sites for hydroxylation is 1. The van der Waals surface area contributed by atoms with Crippen LogP contribution in [-0.2, 0) is 9.47 Å². The van der Waals surface area contributed by atoms with E-state index in [0.717, 1.165) is 35.1 Å². The number of hydrogen-bond donors (Lipinski definition) is 0. The maximum Gasteiger partial charge on any atom is 0.343 e. The van der Waals surface area contributed by atoms with Gasteiger partial charge in [-0.1, -0.05) is 23.7 Å². The Labute approximate surface area is 229 Å². The van der Waals surface area contributed by atoms with Crippen LogP contribution in [0.1, 0.15) is 32.7 Å². The third-order valence-corrected chi connectivity index (χ3v) is 6.09. The van der Waals surface area contributed by atoms with Crippen LogP contribution < -0.4 is 14.2 Å². The fourth-order valence-electron chi connectivity index (χ4n) is 3.84. The fraction of sp³-hybridized carbons (Fsp3) is 0.200. The monoisotopic (exact) mass is 550 g/mol. The summed E-state index contributed by atoms with van der Waals surface area (Å²) in [6.45, 7) is 3.48. The van der Waals surface area contributed by atoms with E-state index in [1.807, 2.05) is 24.3 Å². The van der Waals surface area contributed by atoms with Crippen LogP contribution in [0.3, 0.4) is 0 Å². The predicted octanol–water partition coefficient (Wildman–Crippen LogP) is 6.52. The van der Waals surface area contributed by atoms with Crippen LogP contribution in [0.2, 0.25) is 5.02 Å². The third-order valence-electron chi connectivity index (χ3n) is 5.87. The number of carbonyl (C=O) groups is 2. The smallest absolute Gasteiger partial charge is 0.343 e. The average Bonchev–Trinajstić information content (AvgIpc) is 3.73. The molecule has 1 saturated heterocycles. The average molecular weight is 551 g/mol. The first kappa shape index (κ1) is 26.6. The Kier molecular flexibility index (Phi) is 8.07. The van der Waals surface area contributed by atoms with Crippen molar-refractivity contribution in [2.45, 2.75) is 19.6 Å². The van der Waals surface area contributed by atoms with E-state index < -0.39 is 17.8 Å². The van der Waals surface area contributed by atoms with Crippen molar-refractivity contribution >= 4 is 34.3 Å². The summed E-state index contributed by atoms with van der Waals surface area (Å²) in [6, 6.07) is 18.9. The van der Waals surface area contributed by atoms with Gasteiger partial charge < -0.3 is 23.7 Å². The maximum absolute atomic E-state index is 13.5. The van der Waals surface area contributed by atoms with Gasteiger partial charge >= 0.3 is 11.9 Å². The molecule has 0 radical (unpaired) electrons. The summed E-state index contributed by atoms with van der Waals surface area (Å²) in [7, 11) is 0. The summed E-state index contributed by atoms with van der Waals surface area (Å²) in [4.78, 5) is 25.3. The van der Waals surface area contributed by atoms with Gasteiger partial charge in [0.2, 0.25) is 0 Å². The second-order valence-corrected chi connectivity index (χ2v) is 9.36. The molecule has 200 valence electrons. The van der Waals surface area contributed by atoms with E-state index in [4.69, 9.17) is 35.3 Å². The summed E-state index contributed by atoms with van der Waals surface area (Å²) in [6.07, 6.45) is 0.707. The van der Waals surface area contributed by atoms with Gasteiger partial charge in [0.1, 0.15) is 29.7 Å². The molecule has 4 aromatic rings. The molecule has 1 aliphatic heterocycles. The van der Waals surface area contributed by atoms with Crippen LogP contribution in [0, 0.1) is 12.7 Å². The summed E-state index contributed by atoms with van der Waals surface area (Å²) < 4.78 is 40.5. The first-order valence-electron chi connectivity index (χ1n) is 12.2. The minimum Gasteiger partial charge on any atom is -0.493 e. The van der Waals surface area contributed by atoms with Crippen molar-refractivity contribution in [1.29, 1.82) is 0 Å². The summed E-state index contributed by atoms with van der Waals surface area (Å²) in [5.41, 5.74) is 1.13. The first-order valence-corrected chi connectivity index (χ1v) is 12.6. The number of carbonyl (C=O) groups excluding carboxylic acids is 2. The van der Waals surface area contributed by atoms with E-state index in [-0.39, 0.29) is 22.6 Å². The molecule has 0 saturated carbocycles. The van der Waals surface area contributed by atoms with Crippen molar-refractivity contribution in [3.63, 3.8) is 0 Å². The Balaban J connectivity index is 1.19. The lowest BCUT2D eigenvalue weighted by Gasteiger charge is -2.11. The van der Waals surface area contributed by atoms with E-state index in [2.05, 4.69) is 0 Å². The molecule has 9 heteroatoms. The number of fused-ring (bicyclic) bond motifs is 1. The lowest BCUT2D eigenvalue weighted by Crippen LogP contribution is -2.11. The normalized spacial score (nSPS) is 14.2. The van der Waals surface area contributed by atoms with Crippen LogP contribution in [0.4, 0.5) is 4.39 Å². The Hall–Kier alpha value is -3.98. The number of rotatable bonds is 10. The molecular weight excluding hydrogens is 527 g/mol. The summed E-state index contributed by atoms with van der Waals surface area (Å²) in [5, 5.41) is 1.89. The number of ether oxygens (including phenoxy) is 5. The zero-order valence-electron chi connectivity index (χ0n) is 20.9. The first-order chi connectivity index (χ1) is 18.8. The molecule has 5 rings (SSSR count). The highest BCUT2D eigenvalue weighted by Crippen LogP contribution is 2.26. The van der Waals surface area contributed by atoms with Gasteiger partial charge in [-0.05, 0) is 77.9 Å². The molecule has 0 spiro atoms. The summed E-state index contributed by atoms with van der Waals surface area (Å²) >= 11 is 5.81. The molecule has 0 bridgehead atoms. The molecule has 0 aromatic heterocycles. The number of epoxide rings is 1. The highest BCUT2D eigenvalue weighted by atomic mass is 35.5. The standard InChI is InChI=1S/C30H24ClFO7/c1-18-11-21(29(33)38-26-15-23(31)14-24(32)16-26)6-8-27(18)39-30(34)22-4-3-20-13-25(7-5-19(20)12-22)35-9-2-10-36-28-17-37-28/h3-8,11-16,28H,2,9-10,17H2,1H3. The Morgan fingerprint density at radius 2 is 1.59 bits per heavy atom. The zero-order valence-corrected chi connectivity index (χ0v) is 21.7. The second kappa shape index (κ2) is 11.8. The molecule has 1 aliphatic rings. The van der Waals surface area contributed by atoms with E-state index in [1.54, 1.807) is 19.1 Å². The molecular formula is C30H24ClFO7. The highest BCUT2D eigenvalue weighted by Gasteiger charge is 2.22. The van der Waals surface area contributed by atoms with Crippen LogP contribution in [-0.4, -0.2) is 38.0 Å². The molecule has 1 heterocycles. The quantitative estimate of drug-likeness (QED) is 0.0961. The lowest BCUT2D eigenvalue weighted by atomic mass is 10.1. The molecule has 1 atom stereocenters. The molecule has 4 aromatic carbocycles. The van der Waals surface area contributed by atoms with E-state index in [1.165, 1.54) is 24.3 Å². The molecule has 0 aliphatic carbocycles. The van der Waals surface area contributed by atoms with Gasteiger partial charge in [0, 0.05) is 17.5 Å². The minimum absolute atomic E-state index is 0.0119. The maximum atomic E-state index is 13.5. The van der Waals surface area contributed by atoms with Crippen LogP contribution >= 0.6 is 11.6 Å². The molecule has 1 unspecified atom stereocenters. The fourth-order valence-corrected chi connectivity index (χ4v) is 4.05. The van der Waals surface area contributed by atoms with E-state index >= 15 is 0 Å². The SMILES string of the molecule is Cc1cc(C(=O)Oc2cc(F)cc(Cl)c2)ccc1OC(=O)c1ccc2cc(OCCCOC3CO3)ccc2c1. The van der Waals surface area contributed by atoms with Crippen molar-refractivity contribution in [3.8, 4) is 17.2 Å². The lowest BCUT2D eigenvalue weighted by molar-refractivity contribution is 0.0434. The Morgan fingerprint density at radius 3 is 2.36 bits per heavy atom. The van der Waals surface area contributed by atoms with Gasteiger partial charge in [0.25, 0.3) is 0 Å². The van der Waals surface area contributed by atoms with Gasteiger partial charge in [-0.25, -0.2) is 14.0 Å². The van der Waals surface area contributed by atoms with Gasteiger partial charge in [0.15, 0.2) is 6.29 Å². The summed E-state index contributed by atoms with van der Waals surface area (Å²) in [5.74, 6) is -0.836. The number of benzene rings is 4. The Morgan fingerprint density at radius 1 is 0.872 bits per heavy atom. The molecule has 39 heavy (non-hydrogen) atoms. The minimum atomic E-state index is -0.697. The van der Waals surface area contributed by atoms with Crippen LogP contribution in [0.15, 0.2) is 72.8 Å². The Bertz CT molecular complexity index is 1510. The van der Waals surface area contributed by atoms with Crippen LogP contribution in [0.25, 0.3) is 10.8 Å². The topological polar surface area (TPSA) is 83.6 Å². The second-order valence-electron chi connectivity index (χ2n) is 8.92. The molecule has 0 amide bonds. The van der Waals surface area contributed by atoms with E-state index in [9.17, 15) is 14.0 Å². The number of hydrogen-bond acceptors (Lipinski definition) is 7.